The highest BCUT2D eigenvalue weighted by molar-refractivity contribution is 8.13. The third-order valence-corrected chi connectivity index (χ3v) is 9.51. The van der Waals surface area contributed by atoms with Crippen molar-refractivity contribution in [3.05, 3.63) is 44.3 Å². The molecule has 0 unspecified atom stereocenters. The molecule has 2 amide bonds. The average Bonchev–Trinajstić information content (AvgIpc) is 3.04. The van der Waals surface area contributed by atoms with Gasteiger partial charge in [0.05, 0.1) is 12.7 Å². The maximum Gasteiger partial charge on any atom is 0.343 e. The van der Waals surface area contributed by atoms with Crippen molar-refractivity contribution in [3.8, 4) is 6.07 Å². The first-order valence-electron chi connectivity index (χ1n) is 15.5. The number of unbranched alkanes of at least 4 members (excludes halogenated alkanes) is 1. The predicted octanol–water partition coefficient (Wildman–Crippen LogP) is 2.60. The van der Waals surface area contributed by atoms with Gasteiger partial charge in [0.15, 0.2) is 5.12 Å². The number of ether oxygens (including phenoxy) is 1. The number of aryl methyl sites for hydroxylation is 3. The van der Waals surface area contributed by atoms with Gasteiger partial charge in [-0.25, -0.2) is 9.59 Å². The Morgan fingerprint density at radius 3 is 2.61 bits per heavy atom. The Balaban J connectivity index is 1.68. The molecule has 0 bridgehead atoms. The van der Waals surface area contributed by atoms with E-state index in [0.717, 1.165) is 72.1 Å². The summed E-state index contributed by atoms with van der Waals surface area (Å²) in [7, 11) is 2.54. The molecule has 2 aromatic rings. The van der Waals surface area contributed by atoms with Crippen LogP contribution in [0.15, 0.2) is 20.9 Å². The summed E-state index contributed by atoms with van der Waals surface area (Å²) in [6.45, 7) is 5.46. The molecule has 4 rings (SSSR count). The highest BCUT2D eigenvalue weighted by atomic mass is 32.2. The number of nitriles is 1. The van der Waals surface area contributed by atoms with Crippen LogP contribution in [0.4, 0.5) is 5.69 Å². The van der Waals surface area contributed by atoms with Crippen molar-refractivity contribution >= 4 is 57.4 Å². The van der Waals surface area contributed by atoms with E-state index in [1.54, 1.807) is 6.92 Å². The van der Waals surface area contributed by atoms with Crippen LogP contribution in [0.2, 0.25) is 0 Å². The number of carbonyl (C=O) groups excluding carboxylic acids is 4. The third kappa shape index (κ3) is 7.45. The molecule has 2 aliphatic heterocycles. The summed E-state index contributed by atoms with van der Waals surface area (Å²) in [6, 6.07) is 1.71. The number of likely N-dealkylation sites (N-methyl/N-ethyl adjacent to an activating group) is 1. The summed E-state index contributed by atoms with van der Waals surface area (Å²) in [5.74, 6) is -2.31. The first kappa shape index (κ1) is 34.7. The van der Waals surface area contributed by atoms with Crippen molar-refractivity contribution in [2.45, 2.75) is 70.9 Å². The molecule has 0 spiro atoms. The number of rotatable bonds is 12. The van der Waals surface area contributed by atoms with E-state index in [1.807, 2.05) is 12.1 Å². The number of nitrogens with one attached hydrogen (secondary N) is 1. The van der Waals surface area contributed by atoms with Gasteiger partial charge >= 0.3 is 11.6 Å². The molecule has 0 fully saturated rings. The van der Waals surface area contributed by atoms with E-state index in [4.69, 9.17) is 14.9 Å². The number of nitrogens with zero attached hydrogens (tertiary/aromatic N) is 3. The smallest absolute Gasteiger partial charge is 0.343 e. The van der Waals surface area contributed by atoms with Crippen LogP contribution < -0.4 is 21.6 Å². The number of fused-ring (bicyclic) bond motifs is 2. The number of hydrogen-bond acceptors (Lipinski definition) is 11. The monoisotopic (exact) mass is 651 g/mol. The summed E-state index contributed by atoms with van der Waals surface area (Å²) in [6.07, 6.45) is 6.35. The van der Waals surface area contributed by atoms with Crippen LogP contribution in [0.1, 0.15) is 61.3 Å². The zero-order valence-corrected chi connectivity index (χ0v) is 27.6. The van der Waals surface area contributed by atoms with Crippen LogP contribution in [0.5, 0.6) is 0 Å². The topological polar surface area (TPSA) is 176 Å². The second kappa shape index (κ2) is 15.4. The molecule has 246 valence electrons. The van der Waals surface area contributed by atoms with Gasteiger partial charge in [0.2, 0.25) is 5.91 Å². The minimum absolute atomic E-state index is 0.0752. The molecule has 3 heterocycles. The lowest BCUT2D eigenvalue weighted by Crippen LogP contribution is -2.53. The zero-order valence-electron chi connectivity index (χ0n) is 26.8. The fraction of sp³-hybridized carbons (Fsp3) is 0.515. The molecule has 3 N–H and O–H groups in total. The van der Waals surface area contributed by atoms with E-state index >= 15 is 0 Å². The first-order chi connectivity index (χ1) is 22.0. The molecule has 2 aliphatic rings. The van der Waals surface area contributed by atoms with Gasteiger partial charge in [-0.2, -0.15) is 5.26 Å². The molecule has 0 aliphatic carbocycles. The van der Waals surface area contributed by atoms with Crippen LogP contribution in [0.3, 0.4) is 0 Å². The van der Waals surface area contributed by atoms with Crippen LogP contribution >= 0.6 is 11.8 Å². The van der Waals surface area contributed by atoms with Gasteiger partial charge in [0.1, 0.15) is 29.3 Å². The minimum Gasteiger partial charge on any atom is -0.467 e. The maximum absolute atomic E-state index is 13.7. The molecule has 12 nitrogen and oxygen atoms in total. The van der Waals surface area contributed by atoms with Crippen molar-refractivity contribution in [3.63, 3.8) is 0 Å². The molecule has 1 aromatic heterocycles. The van der Waals surface area contributed by atoms with Crippen LogP contribution in [-0.2, 0) is 36.8 Å². The Kier molecular flexibility index (Phi) is 11.6. The van der Waals surface area contributed by atoms with E-state index in [9.17, 15) is 29.2 Å². The Labute approximate surface area is 272 Å². The summed E-state index contributed by atoms with van der Waals surface area (Å²) in [5, 5.41) is 13.2. The molecular formula is C33H41N5O7S. The fourth-order valence-electron chi connectivity index (χ4n) is 6.17. The maximum atomic E-state index is 13.7. The number of amides is 2. The van der Waals surface area contributed by atoms with Crippen LogP contribution in [0, 0.1) is 18.3 Å². The second-order valence-electron chi connectivity index (χ2n) is 11.6. The van der Waals surface area contributed by atoms with Gasteiger partial charge in [-0.05, 0) is 81.7 Å². The number of carbonyl (C=O) groups is 4. The fourth-order valence-corrected chi connectivity index (χ4v) is 6.94. The number of thioether (sulfide) groups is 1. The largest absolute Gasteiger partial charge is 0.467 e. The molecule has 2 atom stereocenters. The number of methoxy groups -OCH3 is 1. The standard InChI is InChI=1S/C33H41N5O7S/c1-19-24-15-21-9-7-13-38-14-8-10-23(28(21)38)29(24)45-32(42)25(19)16-22(17-35)31(41)37(3)27(18-46-20(2)39)30(40)36-26(33(43)44-4)11-5-6-12-34/h15-16,26-27H,5-14,18,34H2,1-4H3,(H,36,40)/b22-16+/t26-,27-/m0/s1. The lowest BCUT2D eigenvalue weighted by Gasteiger charge is -2.37. The van der Waals surface area contributed by atoms with Gasteiger partial charge in [0, 0.05) is 49.5 Å². The van der Waals surface area contributed by atoms with Gasteiger partial charge in [-0.3, -0.25) is 14.4 Å². The average molecular weight is 652 g/mol. The first-order valence-corrected chi connectivity index (χ1v) is 16.5. The Hall–Kier alpha value is -4.15. The van der Waals surface area contributed by atoms with Crippen LogP contribution in [0.25, 0.3) is 17.0 Å². The summed E-state index contributed by atoms with van der Waals surface area (Å²) in [4.78, 5) is 68.1. The Bertz CT molecular complexity index is 1660. The highest BCUT2D eigenvalue weighted by Crippen LogP contribution is 2.40. The number of esters is 1. The van der Waals surface area contributed by atoms with Crippen molar-refractivity contribution in [1.29, 1.82) is 5.26 Å². The van der Waals surface area contributed by atoms with Crippen molar-refractivity contribution in [2.24, 2.45) is 5.73 Å². The van der Waals surface area contributed by atoms with Gasteiger partial charge in [0.25, 0.3) is 5.91 Å². The number of benzene rings is 1. The Morgan fingerprint density at radius 2 is 1.96 bits per heavy atom. The van der Waals surface area contributed by atoms with Crippen molar-refractivity contribution < 1.29 is 28.3 Å². The molecule has 0 saturated heterocycles. The van der Waals surface area contributed by atoms with Crippen molar-refractivity contribution in [2.75, 3.05) is 44.4 Å². The molecule has 0 saturated carbocycles. The van der Waals surface area contributed by atoms with E-state index in [1.165, 1.54) is 32.7 Å². The quantitative estimate of drug-likeness (QED) is 0.113. The predicted molar refractivity (Wildman–Crippen MR) is 176 cm³/mol. The van der Waals surface area contributed by atoms with Crippen LogP contribution in [-0.4, -0.2) is 79.4 Å². The third-order valence-electron chi connectivity index (χ3n) is 8.62. The van der Waals surface area contributed by atoms with Gasteiger partial charge in [-0.15, -0.1) is 0 Å². The van der Waals surface area contributed by atoms with E-state index < -0.39 is 35.5 Å². The lowest BCUT2D eigenvalue weighted by molar-refractivity contribution is -0.146. The number of hydrogen-bond donors (Lipinski definition) is 2. The second-order valence-corrected chi connectivity index (χ2v) is 12.8. The Morgan fingerprint density at radius 1 is 1.24 bits per heavy atom. The summed E-state index contributed by atoms with van der Waals surface area (Å²) in [5.41, 5.74) is 9.09. The number of nitrogens with two attached hydrogens (primary N) is 1. The minimum atomic E-state index is -1.23. The summed E-state index contributed by atoms with van der Waals surface area (Å²) < 4.78 is 10.7. The van der Waals surface area contributed by atoms with Gasteiger partial charge in [-0.1, -0.05) is 11.8 Å². The zero-order chi connectivity index (χ0) is 33.5. The molecule has 46 heavy (non-hydrogen) atoms. The molecule has 0 radical (unpaired) electrons. The van der Waals surface area contributed by atoms with E-state index in [-0.39, 0.29) is 28.4 Å². The van der Waals surface area contributed by atoms with E-state index in [2.05, 4.69) is 10.2 Å². The normalized spacial score (nSPS) is 15.4. The highest BCUT2D eigenvalue weighted by Gasteiger charge is 2.33. The van der Waals surface area contributed by atoms with Crippen molar-refractivity contribution in [1.82, 2.24) is 10.2 Å². The summed E-state index contributed by atoms with van der Waals surface area (Å²) >= 11 is 0.828. The molecular weight excluding hydrogens is 610 g/mol. The molecule has 13 heteroatoms. The SMILES string of the molecule is COC(=O)[C@H](CCCCN)NC(=O)[C@H](CSC(C)=O)N(C)C(=O)/C(C#N)=C/c1c(C)c2cc3c4c(c2oc1=O)CCCN4CCC3. The lowest BCUT2D eigenvalue weighted by atomic mass is 9.88. The number of anilines is 1. The molecule has 1 aromatic carbocycles. The van der Waals surface area contributed by atoms with E-state index in [0.29, 0.717) is 30.5 Å². The van der Waals surface area contributed by atoms with Gasteiger partial charge < -0.3 is 30.0 Å².